The van der Waals surface area contributed by atoms with Gasteiger partial charge < -0.3 is 10.6 Å². The van der Waals surface area contributed by atoms with Crippen molar-refractivity contribution in [2.75, 3.05) is 17.2 Å². The molecule has 1 aromatic rings. The molecule has 1 aliphatic rings. The number of benzene rings is 1. The topological polar surface area (TPSA) is 29.3 Å². The van der Waals surface area contributed by atoms with Crippen molar-refractivity contribution in [1.82, 2.24) is 0 Å². The summed E-state index contributed by atoms with van der Waals surface area (Å²) in [6.07, 6.45) is 2.63. The van der Waals surface area contributed by atoms with E-state index in [4.69, 9.17) is 5.73 Å². The maximum absolute atomic E-state index is 5.70. The lowest BCUT2D eigenvalue weighted by atomic mass is 10.0. The molecule has 2 rings (SSSR count). The molecule has 0 amide bonds. The highest BCUT2D eigenvalue weighted by Crippen LogP contribution is 2.29. The first-order valence-corrected chi connectivity index (χ1v) is 5.80. The third kappa shape index (κ3) is 2.09. The smallest absolute Gasteiger partial charge is 0.0370 e. The van der Waals surface area contributed by atoms with Gasteiger partial charge in [0.25, 0.3) is 0 Å². The fraction of sp³-hybridized carbons (Fsp3) is 0.538. The normalized spacial score (nSPS) is 21.3. The van der Waals surface area contributed by atoms with Crippen LogP contribution in [0, 0.1) is 5.92 Å². The minimum Gasteiger partial charge on any atom is -0.399 e. The molecule has 0 saturated carbocycles. The SMILES string of the molecule is CC(C)C1CCCN1c1ccc(N)cc1. The molecule has 0 spiro atoms. The summed E-state index contributed by atoms with van der Waals surface area (Å²) in [6, 6.07) is 8.95. The van der Waals surface area contributed by atoms with Crippen LogP contribution in [0.3, 0.4) is 0 Å². The van der Waals surface area contributed by atoms with E-state index < -0.39 is 0 Å². The van der Waals surface area contributed by atoms with Crippen molar-refractivity contribution in [2.24, 2.45) is 5.92 Å². The molecule has 1 atom stereocenters. The molecule has 0 aromatic heterocycles. The molecule has 82 valence electrons. The first-order valence-electron chi connectivity index (χ1n) is 5.80. The fourth-order valence-electron chi connectivity index (χ4n) is 2.47. The predicted octanol–water partition coefficient (Wildman–Crippen LogP) is 2.89. The highest BCUT2D eigenvalue weighted by atomic mass is 15.2. The summed E-state index contributed by atoms with van der Waals surface area (Å²) in [7, 11) is 0. The summed E-state index contributed by atoms with van der Waals surface area (Å²) in [6.45, 7) is 5.80. The zero-order valence-electron chi connectivity index (χ0n) is 9.61. The van der Waals surface area contributed by atoms with Crippen LogP contribution in [-0.2, 0) is 0 Å². The summed E-state index contributed by atoms with van der Waals surface area (Å²) in [5.74, 6) is 0.727. The molecular weight excluding hydrogens is 184 g/mol. The molecule has 2 heteroatoms. The van der Waals surface area contributed by atoms with E-state index in [2.05, 4.69) is 30.9 Å². The van der Waals surface area contributed by atoms with Crippen molar-refractivity contribution in [3.63, 3.8) is 0 Å². The van der Waals surface area contributed by atoms with E-state index in [0.717, 1.165) is 11.6 Å². The number of rotatable bonds is 2. The van der Waals surface area contributed by atoms with Crippen LogP contribution in [-0.4, -0.2) is 12.6 Å². The van der Waals surface area contributed by atoms with E-state index in [0.29, 0.717) is 6.04 Å². The number of hydrogen-bond acceptors (Lipinski definition) is 2. The molecule has 2 N–H and O–H groups in total. The molecule has 1 aromatic carbocycles. The molecule has 0 bridgehead atoms. The van der Waals surface area contributed by atoms with Gasteiger partial charge in [-0.3, -0.25) is 0 Å². The van der Waals surface area contributed by atoms with Gasteiger partial charge in [0.05, 0.1) is 0 Å². The molecule has 1 unspecified atom stereocenters. The second-order valence-corrected chi connectivity index (χ2v) is 4.74. The molecule has 1 fully saturated rings. The van der Waals surface area contributed by atoms with Gasteiger partial charge in [-0.1, -0.05) is 13.8 Å². The van der Waals surface area contributed by atoms with Crippen LogP contribution in [0.15, 0.2) is 24.3 Å². The highest BCUT2D eigenvalue weighted by molar-refractivity contribution is 5.54. The molecule has 1 saturated heterocycles. The van der Waals surface area contributed by atoms with E-state index in [1.165, 1.54) is 25.1 Å². The van der Waals surface area contributed by atoms with E-state index in [-0.39, 0.29) is 0 Å². The largest absolute Gasteiger partial charge is 0.399 e. The first kappa shape index (κ1) is 10.3. The van der Waals surface area contributed by atoms with Gasteiger partial charge in [-0.2, -0.15) is 0 Å². The van der Waals surface area contributed by atoms with Crippen molar-refractivity contribution in [2.45, 2.75) is 32.7 Å². The van der Waals surface area contributed by atoms with Gasteiger partial charge in [-0.05, 0) is 43.0 Å². The van der Waals surface area contributed by atoms with Crippen LogP contribution in [0.2, 0.25) is 0 Å². The van der Waals surface area contributed by atoms with Gasteiger partial charge in [0.15, 0.2) is 0 Å². The Hall–Kier alpha value is -1.18. The van der Waals surface area contributed by atoms with E-state index in [1.807, 2.05) is 12.1 Å². The first-order chi connectivity index (χ1) is 7.18. The van der Waals surface area contributed by atoms with Crippen LogP contribution in [0.1, 0.15) is 26.7 Å². The Labute approximate surface area is 92.1 Å². The average molecular weight is 204 g/mol. The highest BCUT2D eigenvalue weighted by Gasteiger charge is 2.26. The molecule has 15 heavy (non-hydrogen) atoms. The molecule has 1 heterocycles. The second-order valence-electron chi connectivity index (χ2n) is 4.74. The Balaban J connectivity index is 2.19. The molecule has 0 aliphatic carbocycles. The maximum atomic E-state index is 5.70. The molecule has 2 nitrogen and oxygen atoms in total. The summed E-state index contributed by atoms with van der Waals surface area (Å²) < 4.78 is 0. The summed E-state index contributed by atoms with van der Waals surface area (Å²) >= 11 is 0. The molecule has 0 radical (unpaired) electrons. The second kappa shape index (κ2) is 4.13. The van der Waals surface area contributed by atoms with E-state index in [1.54, 1.807) is 0 Å². The lowest BCUT2D eigenvalue weighted by molar-refractivity contribution is 0.492. The number of nitrogen functional groups attached to an aromatic ring is 1. The Morgan fingerprint density at radius 3 is 2.53 bits per heavy atom. The van der Waals surface area contributed by atoms with Crippen LogP contribution >= 0.6 is 0 Å². The molecule has 1 aliphatic heterocycles. The Kier molecular flexibility index (Phi) is 2.85. The van der Waals surface area contributed by atoms with Gasteiger partial charge in [0, 0.05) is 24.0 Å². The summed E-state index contributed by atoms with van der Waals surface area (Å²) in [4.78, 5) is 2.52. The summed E-state index contributed by atoms with van der Waals surface area (Å²) in [5.41, 5.74) is 7.87. The standard InChI is InChI=1S/C13H20N2/c1-10(2)13-4-3-9-15(13)12-7-5-11(14)6-8-12/h5-8,10,13H,3-4,9,14H2,1-2H3. The zero-order chi connectivity index (χ0) is 10.8. The van der Waals surface area contributed by atoms with Gasteiger partial charge in [0.2, 0.25) is 0 Å². The third-order valence-corrected chi connectivity index (χ3v) is 3.29. The lowest BCUT2D eigenvalue weighted by Crippen LogP contribution is -2.33. The number of hydrogen-bond donors (Lipinski definition) is 1. The minimum absolute atomic E-state index is 0.702. The Morgan fingerprint density at radius 1 is 1.27 bits per heavy atom. The number of anilines is 2. The number of nitrogens with two attached hydrogens (primary N) is 1. The van der Waals surface area contributed by atoms with Crippen molar-refractivity contribution in [3.05, 3.63) is 24.3 Å². The Bertz CT molecular complexity index is 316. The number of nitrogens with zero attached hydrogens (tertiary/aromatic N) is 1. The Morgan fingerprint density at radius 2 is 1.93 bits per heavy atom. The fourth-order valence-corrected chi connectivity index (χ4v) is 2.47. The predicted molar refractivity (Wildman–Crippen MR) is 66.1 cm³/mol. The van der Waals surface area contributed by atoms with Crippen LogP contribution in [0.5, 0.6) is 0 Å². The van der Waals surface area contributed by atoms with Crippen molar-refractivity contribution in [1.29, 1.82) is 0 Å². The van der Waals surface area contributed by atoms with Gasteiger partial charge in [-0.15, -0.1) is 0 Å². The van der Waals surface area contributed by atoms with E-state index in [9.17, 15) is 0 Å². The monoisotopic (exact) mass is 204 g/mol. The van der Waals surface area contributed by atoms with E-state index >= 15 is 0 Å². The lowest BCUT2D eigenvalue weighted by Gasteiger charge is -2.29. The van der Waals surface area contributed by atoms with Crippen molar-refractivity contribution < 1.29 is 0 Å². The van der Waals surface area contributed by atoms with Crippen molar-refractivity contribution >= 4 is 11.4 Å². The zero-order valence-corrected chi connectivity index (χ0v) is 9.61. The minimum atomic E-state index is 0.702. The van der Waals surface area contributed by atoms with Crippen LogP contribution in [0.4, 0.5) is 11.4 Å². The molecular formula is C13H20N2. The quantitative estimate of drug-likeness (QED) is 0.750. The third-order valence-electron chi connectivity index (χ3n) is 3.29. The average Bonchev–Trinajstić information content (AvgIpc) is 2.67. The summed E-state index contributed by atoms with van der Waals surface area (Å²) in [5, 5.41) is 0. The van der Waals surface area contributed by atoms with Gasteiger partial charge in [-0.25, -0.2) is 0 Å². The van der Waals surface area contributed by atoms with Crippen LogP contribution < -0.4 is 10.6 Å². The maximum Gasteiger partial charge on any atom is 0.0370 e. The van der Waals surface area contributed by atoms with Crippen molar-refractivity contribution in [3.8, 4) is 0 Å². The van der Waals surface area contributed by atoms with Crippen LogP contribution in [0.25, 0.3) is 0 Å². The van der Waals surface area contributed by atoms with Gasteiger partial charge in [0.1, 0.15) is 0 Å². The van der Waals surface area contributed by atoms with Gasteiger partial charge >= 0.3 is 0 Å².